The summed E-state index contributed by atoms with van der Waals surface area (Å²) < 4.78 is 23.0. The first-order valence-corrected chi connectivity index (χ1v) is 6.35. The van der Waals surface area contributed by atoms with Crippen LogP contribution in [0, 0.1) is 0 Å². The zero-order chi connectivity index (χ0) is 11.9. The van der Waals surface area contributed by atoms with Crippen molar-refractivity contribution in [3.63, 3.8) is 0 Å². The molecular formula is C8H5ClN2O4S. The van der Waals surface area contributed by atoms with Crippen LogP contribution in [0.25, 0.3) is 11.0 Å². The van der Waals surface area contributed by atoms with Crippen LogP contribution in [0.5, 0.6) is 0 Å². The van der Waals surface area contributed by atoms with E-state index in [1.807, 2.05) is 0 Å². The lowest BCUT2D eigenvalue weighted by Gasteiger charge is -1.99. The van der Waals surface area contributed by atoms with Gasteiger partial charge in [-0.2, -0.15) is 0 Å². The van der Waals surface area contributed by atoms with Gasteiger partial charge in [-0.3, -0.25) is 9.55 Å². The second kappa shape index (κ2) is 3.46. The van der Waals surface area contributed by atoms with Gasteiger partial charge in [0.05, 0.1) is 11.0 Å². The van der Waals surface area contributed by atoms with Crippen LogP contribution in [0.4, 0.5) is 4.79 Å². The van der Waals surface area contributed by atoms with Crippen molar-refractivity contribution < 1.29 is 18.3 Å². The molecule has 8 heteroatoms. The first-order chi connectivity index (χ1) is 7.39. The van der Waals surface area contributed by atoms with E-state index in [0.29, 0.717) is 5.52 Å². The van der Waals surface area contributed by atoms with E-state index in [2.05, 4.69) is 4.98 Å². The molecule has 0 unspecified atom stereocenters. The molecule has 0 radical (unpaired) electrons. The fourth-order valence-electron chi connectivity index (χ4n) is 1.29. The fraction of sp³-hybridized carbons (Fsp3) is 0. The maximum Gasteiger partial charge on any atom is 0.416 e. The highest BCUT2D eigenvalue weighted by Gasteiger charge is 2.14. The minimum Gasteiger partial charge on any atom is -0.464 e. The number of carbonyl (C=O) groups is 1. The predicted molar refractivity (Wildman–Crippen MR) is 56.2 cm³/mol. The van der Waals surface area contributed by atoms with Crippen LogP contribution < -0.4 is 0 Å². The number of aromatic nitrogens is 2. The zero-order valence-corrected chi connectivity index (χ0v) is 9.23. The van der Waals surface area contributed by atoms with E-state index in [0.717, 1.165) is 10.8 Å². The number of carboxylic acid groups (broad SMARTS) is 1. The number of hydrogen-bond donors (Lipinski definition) is 1. The molecule has 0 amide bonds. The van der Waals surface area contributed by atoms with E-state index in [9.17, 15) is 13.2 Å². The summed E-state index contributed by atoms with van der Waals surface area (Å²) in [5, 5.41) is 8.82. The number of pyridine rings is 1. The van der Waals surface area contributed by atoms with Crippen molar-refractivity contribution in [2.45, 2.75) is 4.90 Å². The average molecular weight is 261 g/mol. The Balaban J connectivity index is 2.78. The number of rotatable bonds is 1. The summed E-state index contributed by atoms with van der Waals surface area (Å²) in [6.45, 7) is 0. The Hall–Kier alpha value is -1.60. The van der Waals surface area contributed by atoms with Crippen molar-refractivity contribution >= 4 is 36.9 Å². The second-order valence-corrected chi connectivity index (χ2v) is 5.55. The third kappa shape index (κ3) is 1.74. The Morgan fingerprint density at radius 3 is 2.75 bits per heavy atom. The van der Waals surface area contributed by atoms with Crippen LogP contribution in [0.15, 0.2) is 29.4 Å². The van der Waals surface area contributed by atoms with Crippen molar-refractivity contribution in [2.24, 2.45) is 0 Å². The summed E-state index contributed by atoms with van der Waals surface area (Å²) in [6, 6.07) is 2.63. The molecule has 0 aliphatic heterocycles. The summed E-state index contributed by atoms with van der Waals surface area (Å²) in [5.74, 6) is 0. The average Bonchev–Trinajstić information content (AvgIpc) is 2.58. The normalized spacial score (nSPS) is 11.8. The van der Waals surface area contributed by atoms with E-state index >= 15 is 0 Å². The van der Waals surface area contributed by atoms with Gasteiger partial charge in [0.25, 0.3) is 9.05 Å². The number of hydrogen-bond acceptors (Lipinski definition) is 4. The maximum atomic E-state index is 11.0. The first-order valence-electron chi connectivity index (χ1n) is 4.04. The van der Waals surface area contributed by atoms with E-state index in [1.54, 1.807) is 0 Å². The molecule has 2 aromatic rings. The smallest absolute Gasteiger partial charge is 0.416 e. The van der Waals surface area contributed by atoms with Crippen molar-refractivity contribution in [3.8, 4) is 0 Å². The van der Waals surface area contributed by atoms with Crippen molar-refractivity contribution in [3.05, 3.63) is 24.5 Å². The molecule has 2 heterocycles. The standard InChI is InChI=1S/C8H5ClN2O4S/c9-16(14,15)5-3-7-6(10-4-5)1-2-11(7)8(12)13/h1-4H,(H,12,13). The summed E-state index contributed by atoms with van der Waals surface area (Å²) >= 11 is 0. The molecular weight excluding hydrogens is 256 g/mol. The van der Waals surface area contributed by atoms with Crippen molar-refractivity contribution in [2.75, 3.05) is 0 Å². The largest absolute Gasteiger partial charge is 0.464 e. The van der Waals surface area contributed by atoms with Crippen molar-refractivity contribution in [1.82, 2.24) is 9.55 Å². The molecule has 16 heavy (non-hydrogen) atoms. The van der Waals surface area contributed by atoms with E-state index < -0.39 is 15.1 Å². The number of fused-ring (bicyclic) bond motifs is 1. The van der Waals surface area contributed by atoms with Gasteiger partial charge in [-0.1, -0.05) is 0 Å². The van der Waals surface area contributed by atoms with Crippen molar-refractivity contribution in [1.29, 1.82) is 0 Å². The predicted octanol–water partition coefficient (Wildman–Crippen LogP) is 1.49. The maximum absolute atomic E-state index is 11.0. The van der Waals surface area contributed by atoms with Gasteiger partial charge in [-0.05, 0) is 12.1 Å². The quantitative estimate of drug-likeness (QED) is 0.785. The molecule has 6 nitrogen and oxygen atoms in total. The molecule has 1 N–H and O–H groups in total. The lowest BCUT2D eigenvalue weighted by atomic mass is 10.4. The molecule has 0 aromatic carbocycles. The Morgan fingerprint density at radius 1 is 1.50 bits per heavy atom. The Bertz CT molecular complexity index is 676. The summed E-state index contributed by atoms with van der Waals surface area (Å²) in [6.07, 6.45) is 1.14. The number of nitrogens with zero attached hydrogens (tertiary/aromatic N) is 2. The Kier molecular flexibility index (Phi) is 2.36. The lowest BCUT2D eigenvalue weighted by molar-refractivity contribution is 0.197. The molecule has 0 aliphatic carbocycles. The first kappa shape index (κ1) is 10.9. The van der Waals surface area contributed by atoms with Gasteiger partial charge in [-0.15, -0.1) is 0 Å². The van der Waals surface area contributed by atoms with Crippen LogP contribution in [0.1, 0.15) is 0 Å². The second-order valence-electron chi connectivity index (χ2n) is 2.98. The topological polar surface area (TPSA) is 89.3 Å². The molecule has 2 rings (SSSR count). The van der Waals surface area contributed by atoms with Gasteiger partial charge in [0.2, 0.25) is 0 Å². The highest BCUT2D eigenvalue weighted by molar-refractivity contribution is 8.13. The fourth-order valence-corrected chi connectivity index (χ4v) is 1.98. The highest BCUT2D eigenvalue weighted by atomic mass is 35.7. The van der Waals surface area contributed by atoms with E-state index in [-0.39, 0.29) is 10.4 Å². The van der Waals surface area contributed by atoms with Gasteiger partial charge in [0, 0.05) is 23.1 Å². The highest BCUT2D eigenvalue weighted by Crippen LogP contribution is 2.20. The molecule has 0 aliphatic rings. The lowest BCUT2D eigenvalue weighted by Crippen LogP contribution is -2.06. The molecule has 0 saturated heterocycles. The van der Waals surface area contributed by atoms with Gasteiger partial charge in [0.1, 0.15) is 4.90 Å². The molecule has 2 aromatic heterocycles. The SMILES string of the molecule is O=C(O)n1ccc2ncc(S(=O)(=O)Cl)cc21. The number of halogens is 1. The van der Waals surface area contributed by atoms with Gasteiger partial charge in [0.15, 0.2) is 0 Å². The minimum atomic E-state index is -3.91. The van der Waals surface area contributed by atoms with Gasteiger partial charge in [-0.25, -0.2) is 13.2 Å². The molecule has 84 valence electrons. The van der Waals surface area contributed by atoms with Crippen LogP contribution in [-0.2, 0) is 9.05 Å². The molecule has 0 saturated carbocycles. The third-order valence-electron chi connectivity index (χ3n) is 2.00. The van der Waals surface area contributed by atoms with Crippen LogP contribution in [0.3, 0.4) is 0 Å². The van der Waals surface area contributed by atoms with E-state index in [1.165, 1.54) is 18.3 Å². The van der Waals surface area contributed by atoms with Crippen LogP contribution >= 0.6 is 10.7 Å². The van der Waals surface area contributed by atoms with Gasteiger partial charge >= 0.3 is 6.09 Å². The zero-order valence-electron chi connectivity index (χ0n) is 7.66. The van der Waals surface area contributed by atoms with Crippen LogP contribution in [-0.4, -0.2) is 29.2 Å². The summed E-state index contributed by atoms with van der Waals surface area (Å²) in [5.41, 5.74) is 0.556. The molecule has 0 atom stereocenters. The minimum absolute atomic E-state index is 0.175. The summed E-state index contributed by atoms with van der Waals surface area (Å²) in [7, 11) is 1.22. The Labute approximate surface area is 94.5 Å². The third-order valence-corrected chi connectivity index (χ3v) is 3.32. The van der Waals surface area contributed by atoms with E-state index in [4.69, 9.17) is 15.8 Å². The van der Waals surface area contributed by atoms with Gasteiger partial charge < -0.3 is 5.11 Å². The molecule has 0 spiro atoms. The Morgan fingerprint density at radius 2 is 2.19 bits per heavy atom. The summed E-state index contributed by atoms with van der Waals surface area (Å²) in [4.78, 5) is 14.4. The molecule has 0 fully saturated rings. The molecule has 0 bridgehead atoms. The van der Waals surface area contributed by atoms with Crippen LogP contribution in [0.2, 0.25) is 0 Å². The monoisotopic (exact) mass is 260 g/mol.